The van der Waals surface area contributed by atoms with Crippen molar-refractivity contribution in [1.82, 2.24) is 15.2 Å². The second-order valence-electron chi connectivity index (χ2n) is 6.91. The lowest BCUT2D eigenvalue weighted by molar-refractivity contribution is 0.0196. The number of nitrogens with one attached hydrogen (secondary N) is 1. The molecule has 0 spiro atoms. The molecule has 0 saturated carbocycles. The second kappa shape index (κ2) is 7.09. The summed E-state index contributed by atoms with van der Waals surface area (Å²) in [6.45, 7) is 9.35. The summed E-state index contributed by atoms with van der Waals surface area (Å²) >= 11 is 0. The van der Waals surface area contributed by atoms with Gasteiger partial charge in [-0.1, -0.05) is 0 Å². The fraction of sp³-hybridized carbons (Fsp3) is 0.647. The van der Waals surface area contributed by atoms with Gasteiger partial charge in [0.25, 0.3) is 0 Å². The van der Waals surface area contributed by atoms with Crippen molar-refractivity contribution in [2.45, 2.75) is 58.2 Å². The quantitative estimate of drug-likeness (QED) is 0.932. The zero-order valence-electron chi connectivity index (χ0n) is 14.0. The maximum Gasteiger partial charge on any atom is 0.410 e. The van der Waals surface area contributed by atoms with Gasteiger partial charge < -0.3 is 15.0 Å². The van der Waals surface area contributed by atoms with Gasteiger partial charge in [-0.2, -0.15) is 0 Å². The minimum Gasteiger partial charge on any atom is -0.444 e. The Balaban J connectivity index is 1.79. The number of carbonyl (C=O) groups is 1. The van der Waals surface area contributed by atoms with E-state index in [0.717, 1.165) is 25.9 Å². The van der Waals surface area contributed by atoms with Crippen LogP contribution in [0.5, 0.6) is 0 Å². The van der Waals surface area contributed by atoms with Gasteiger partial charge in [0.1, 0.15) is 5.60 Å². The molecule has 22 heavy (non-hydrogen) atoms. The van der Waals surface area contributed by atoms with Crippen LogP contribution in [0, 0.1) is 0 Å². The van der Waals surface area contributed by atoms with Crippen LogP contribution in [0.3, 0.4) is 0 Å². The first-order chi connectivity index (χ1) is 10.3. The van der Waals surface area contributed by atoms with E-state index in [2.05, 4.69) is 17.2 Å². The molecule has 1 saturated heterocycles. The van der Waals surface area contributed by atoms with E-state index < -0.39 is 5.60 Å². The Hall–Kier alpha value is -1.62. The summed E-state index contributed by atoms with van der Waals surface area (Å²) in [7, 11) is 0. The molecule has 0 aromatic carbocycles. The van der Waals surface area contributed by atoms with E-state index in [9.17, 15) is 4.79 Å². The van der Waals surface area contributed by atoms with Crippen molar-refractivity contribution in [3.8, 4) is 0 Å². The molecule has 5 nitrogen and oxygen atoms in total. The van der Waals surface area contributed by atoms with E-state index in [1.54, 1.807) is 4.90 Å². The molecule has 2 rings (SSSR count). The standard InChI is InChI=1S/C17H27N3O2/c1-13(14-5-9-18-10-6-14)19-15-7-11-20(12-8-15)16(21)22-17(2,3)4/h5-6,9-10,13,15,19H,7-8,11-12H2,1-4H3/t13-/m1/s1. The number of hydrogen-bond acceptors (Lipinski definition) is 4. The van der Waals surface area contributed by atoms with E-state index >= 15 is 0 Å². The molecule has 0 unspecified atom stereocenters. The molecule has 1 amide bonds. The third-order valence-electron chi connectivity index (χ3n) is 3.84. The Morgan fingerprint density at radius 1 is 1.32 bits per heavy atom. The Bertz CT molecular complexity index is 476. The van der Waals surface area contributed by atoms with Gasteiger partial charge in [0.15, 0.2) is 0 Å². The lowest BCUT2D eigenvalue weighted by atomic mass is 10.0. The highest BCUT2D eigenvalue weighted by molar-refractivity contribution is 5.68. The van der Waals surface area contributed by atoms with Gasteiger partial charge in [-0.25, -0.2) is 4.79 Å². The predicted octanol–water partition coefficient (Wildman–Crippen LogP) is 3.13. The summed E-state index contributed by atoms with van der Waals surface area (Å²) in [6.07, 6.45) is 5.34. The summed E-state index contributed by atoms with van der Waals surface area (Å²) in [6, 6.07) is 4.80. The number of hydrogen-bond donors (Lipinski definition) is 1. The monoisotopic (exact) mass is 305 g/mol. The van der Waals surface area contributed by atoms with Crippen LogP contribution in [0.4, 0.5) is 4.79 Å². The molecule has 1 aromatic heterocycles. The Labute approximate surface area is 133 Å². The molecule has 0 aliphatic carbocycles. The van der Waals surface area contributed by atoms with Crippen molar-refractivity contribution < 1.29 is 9.53 Å². The van der Waals surface area contributed by atoms with Gasteiger partial charge in [0.2, 0.25) is 0 Å². The molecule has 1 aliphatic heterocycles. The van der Waals surface area contributed by atoms with Crippen LogP contribution in [0.25, 0.3) is 0 Å². The summed E-state index contributed by atoms with van der Waals surface area (Å²) in [5, 5.41) is 3.64. The Kier molecular flexibility index (Phi) is 5.40. The number of rotatable bonds is 3. The molecule has 1 aliphatic rings. The number of piperidine rings is 1. The highest BCUT2D eigenvalue weighted by atomic mass is 16.6. The molecule has 1 fully saturated rings. The number of likely N-dealkylation sites (tertiary alicyclic amines) is 1. The first kappa shape index (κ1) is 16.7. The van der Waals surface area contributed by atoms with E-state index in [-0.39, 0.29) is 6.09 Å². The fourth-order valence-corrected chi connectivity index (χ4v) is 2.66. The average Bonchev–Trinajstić information content (AvgIpc) is 2.47. The third-order valence-corrected chi connectivity index (χ3v) is 3.84. The highest BCUT2D eigenvalue weighted by Crippen LogP contribution is 2.18. The number of amides is 1. The second-order valence-corrected chi connectivity index (χ2v) is 6.91. The molecule has 1 aromatic rings. The van der Waals surface area contributed by atoms with Crippen LogP contribution in [-0.4, -0.2) is 40.7 Å². The summed E-state index contributed by atoms with van der Waals surface area (Å²) in [5.74, 6) is 0. The van der Waals surface area contributed by atoms with Gasteiger partial charge in [0.05, 0.1) is 0 Å². The fourth-order valence-electron chi connectivity index (χ4n) is 2.66. The average molecular weight is 305 g/mol. The molecule has 5 heteroatoms. The van der Waals surface area contributed by atoms with E-state index in [4.69, 9.17) is 4.74 Å². The van der Waals surface area contributed by atoms with Crippen LogP contribution in [0.1, 0.15) is 52.1 Å². The van der Waals surface area contributed by atoms with Gasteiger partial charge in [0, 0.05) is 37.6 Å². The predicted molar refractivity (Wildman–Crippen MR) is 86.6 cm³/mol. The van der Waals surface area contributed by atoms with Gasteiger partial charge in [-0.3, -0.25) is 4.98 Å². The van der Waals surface area contributed by atoms with Crippen LogP contribution >= 0.6 is 0 Å². The summed E-state index contributed by atoms with van der Waals surface area (Å²) in [5.41, 5.74) is 0.812. The minimum atomic E-state index is -0.429. The van der Waals surface area contributed by atoms with Crippen molar-refractivity contribution in [1.29, 1.82) is 0 Å². The number of carbonyl (C=O) groups excluding carboxylic acids is 1. The minimum absolute atomic E-state index is 0.201. The highest BCUT2D eigenvalue weighted by Gasteiger charge is 2.27. The Morgan fingerprint density at radius 3 is 2.45 bits per heavy atom. The molecular weight excluding hydrogens is 278 g/mol. The summed E-state index contributed by atoms with van der Waals surface area (Å²) < 4.78 is 5.42. The van der Waals surface area contributed by atoms with Gasteiger partial charge >= 0.3 is 6.09 Å². The molecule has 0 radical (unpaired) electrons. The van der Waals surface area contributed by atoms with E-state index in [1.807, 2.05) is 45.3 Å². The van der Waals surface area contributed by atoms with Crippen LogP contribution in [-0.2, 0) is 4.74 Å². The first-order valence-electron chi connectivity index (χ1n) is 7.99. The normalized spacial score (nSPS) is 18.1. The number of pyridine rings is 1. The lowest BCUT2D eigenvalue weighted by Gasteiger charge is -2.35. The molecule has 1 atom stereocenters. The Morgan fingerprint density at radius 2 is 1.91 bits per heavy atom. The van der Waals surface area contributed by atoms with Crippen molar-refractivity contribution in [3.05, 3.63) is 30.1 Å². The number of aromatic nitrogens is 1. The summed E-state index contributed by atoms with van der Waals surface area (Å²) in [4.78, 5) is 17.9. The maximum atomic E-state index is 12.0. The van der Waals surface area contributed by atoms with E-state index in [1.165, 1.54) is 5.56 Å². The smallest absolute Gasteiger partial charge is 0.410 e. The zero-order chi connectivity index (χ0) is 16.2. The van der Waals surface area contributed by atoms with Crippen molar-refractivity contribution in [3.63, 3.8) is 0 Å². The third kappa shape index (κ3) is 4.98. The van der Waals surface area contributed by atoms with Crippen LogP contribution in [0.15, 0.2) is 24.5 Å². The van der Waals surface area contributed by atoms with Crippen molar-refractivity contribution >= 4 is 6.09 Å². The van der Waals surface area contributed by atoms with Crippen LogP contribution in [0.2, 0.25) is 0 Å². The number of ether oxygens (including phenoxy) is 1. The van der Waals surface area contributed by atoms with Gasteiger partial charge in [-0.15, -0.1) is 0 Å². The lowest BCUT2D eigenvalue weighted by Crippen LogP contribution is -2.46. The zero-order valence-corrected chi connectivity index (χ0v) is 14.0. The van der Waals surface area contributed by atoms with Gasteiger partial charge in [-0.05, 0) is 58.2 Å². The molecule has 1 N–H and O–H groups in total. The van der Waals surface area contributed by atoms with Crippen molar-refractivity contribution in [2.24, 2.45) is 0 Å². The number of nitrogens with zero attached hydrogens (tertiary/aromatic N) is 2. The molecule has 122 valence electrons. The largest absolute Gasteiger partial charge is 0.444 e. The molecule has 0 bridgehead atoms. The molecular formula is C17H27N3O2. The SMILES string of the molecule is C[C@@H](NC1CCN(C(=O)OC(C)(C)C)CC1)c1ccncc1. The van der Waals surface area contributed by atoms with E-state index in [0.29, 0.717) is 12.1 Å². The van der Waals surface area contributed by atoms with Crippen molar-refractivity contribution in [2.75, 3.05) is 13.1 Å². The maximum absolute atomic E-state index is 12.0. The van der Waals surface area contributed by atoms with Crippen LogP contribution < -0.4 is 5.32 Å². The molecule has 2 heterocycles. The first-order valence-corrected chi connectivity index (χ1v) is 7.99. The topological polar surface area (TPSA) is 54.5 Å².